The molecule has 4 rings (SSSR count). The minimum absolute atomic E-state index is 0.0686. The molecule has 1 aliphatic carbocycles. The summed E-state index contributed by atoms with van der Waals surface area (Å²) in [6.45, 7) is 6.24. The van der Waals surface area contributed by atoms with Crippen molar-refractivity contribution >= 4 is 21.8 Å². The standard InChI is InChI=1S/C22H27N5O4S/c1-14(2)18(21(28)23-3)25-22(29)19-17-13-26(32(30,31)16-9-10-16)11-12-27(17)20(24-19)15-7-5-4-6-8-15/h4-8,16,18H,1,9-13H2,2-3H3,(H,23,28)(H,25,29)/t18-/m0/s1. The maximum atomic E-state index is 13.2. The van der Waals surface area contributed by atoms with Gasteiger partial charge < -0.3 is 15.2 Å². The van der Waals surface area contributed by atoms with Crippen LogP contribution in [0, 0.1) is 0 Å². The topological polar surface area (TPSA) is 113 Å². The highest BCUT2D eigenvalue weighted by molar-refractivity contribution is 7.90. The molecule has 1 aromatic heterocycles. The summed E-state index contributed by atoms with van der Waals surface area (Å²) < 4.78 is 29.0. The van der Waals surface area contributed by atoms with Crippen LogP contribution in [0.2, 0.25) is 0 Å². The number of aromatic nitrogens is 2. The Morgan fingerprint density at radius 3 is 2.47 bits per heavy atom. The third-order valence-electron chi connectivity index (χ3n) is 5.80. The number of sulfonamides is 1. The Morgan fingerprint density at radius 1 is 1.19 bits per heavy atom. The molecule has 1 saturated carbocycles. The zero-order chi connectivity index (χ0) is 23.0. The van der Waals surface area contributed by atoms with Crippen molar-refractivity contribution in [3.63, 3.8) is 0 Å². The van der Waals surface area contributed by atoms with Crippen molar-refractivity contribution in [2.45, 2.75) is 44.1 Å². The molecule has 1 aromatic carbocycles. The molecule has 0 radical (unpaired) electrons. The summed E-state index contributed by atoms with van der Waals surface area (Å²) in [6, 6.07) is 8.53. The Hall–Kier alpha value is -2.98. The van der Waals surface area contributed by atoms with Gasteiger partial charge in [0.15, 0.2) is 5.69 Å². The van der Waals surface area contributed by atoms with Crippen molar-refractivity contribution in [2.24, 2.45) is 0 Å². The van der Waals surface area contributed by atoms with Gasteiger partial charge in [-0.05, 0) is 25.3 Å². The Labute approximate surface area is 187 Å². The van der Waals surface area contributed by atoms with Gasteiger partial charge in [-0.2, -0.15) is 4.31 Å². The predicted molar refractivity (Wildman–Crippen MR) is 120 cm³/mol. The number of nitrogens with one attached hydrogen (secondary N) is 2. The van der Waals surface area contributed by atoms with Crippen molar-refractivity contribution in [3.8, 4) is 11.4 Å². The first-order valence-corrected chi connectivity index (χ1v) is 12.1. The van der Waals surface area contributed by atoms with E-state index in [1.165, 1.54) is 11.4 Å². The highest BCUT2D eigenvalue weighted by Gasteiger charge is 2.42. The van der Waals surface area contributed by atoms with Crippen molar-refractivity contribution in [2.75, 3.05) is 13.6 Å². The molecule has 2 aliphatic rings. The van der Waals surface area contributed by atoms with Gasteiger partial charge >= 0.3 is 0 Å². The molecule has 2 heterocycles. The average molecular weight is 458 g/mol. The SMILES string of the molecule is C=C(C)[C@H](NC(=O)c1nc(-c2ccccc2)n2c1CN(S(=O)(=O)C1CC1)CC2)C(=O)NC. The lowest BCUT2D eigenvalue weighted by molar-refractivity contribution is -0.121. The maximum absolute atomic E-state index is 13.2. The van der Waals surface area contributed by atoms with E-state index in [1.807, 2.05) is 34.9 Å². The molecule has 0 spiro atoms. The first-order chi connectivity index (χ1) is 15.2. The van der Waals surface area contributed by atoms with E-state index in [0.717, 1.165) is 5.56 Å². The number of nitrogens with zero attached hydrogens (tertiary/aromatic N) is 3. The summed E-state index contributed by atoms with van der Waals surface area (Å²) in [6.07, 6.45) is 1.35. The van der Waals surface area contributed by atoms with Crippen LogP contribution in [0.5, 0.6) is 0 Å². The van der Waals surface area contributed by atoms with Gasteiger partial charge in [-0.25, -0.2) is 13.4 Å². The zero-order valence-electron chi connectivity index (χ0n) is 18.2. The van der Waals surface area contributed by atoms with Gasteiger partial charge in [0.1, 0.15) is 11.9 Å². The second-order valence-corrected chi connectivity index (χ2v) is 10.4. The van der Waals surface area contributed by atoms with Crippen LogP contribution in [0.3, 0.4) is 0 Å². The Morgan fingerprint density at radius 2 is 1.88 bits per heavy atom. The number of carbonyl (C=O) groups is 2. The van der Waals surface area contributed by atoms with Gasteiger partial charge in [0.2, 0.25) is 15.9 Å². The zero-order valence-corrected chi connectivity index (χ0v) is 19.0. The Bertz CT molecular complexity index is 1170. The fraction of sp³-hybridized carbons (Fsp3) is 0.409. The van der Waals surface area contributed by atoms with Gasteiger partial charge in [-0.1, -0.05) is 36.9 Å². The molecule has 2 aromatic rings. The predicted octanol–water partition coefficient (Wildman–Crippen LogP) is 1.28. The first-order valence-electron chi connectivity index (χ1n) is 10.6. The molecule has 9 nitrogen and oxygen atoms in total. The fourth-order valence-corrected chi connectivity index (χ4v) is 5.68. The summed E-state index contributed by atoms with van der Waals surface area (Å²) in [5.41, 5.74) is 1.95. The highest BCUT2D eigenvalue weighted by atomic mass is 32.2. The number of carbonyl (C=O) groups excluding carboxylic acids is 2. The monoisotopic (exact) mass is 457 g/mol. The Balaban J connectivity index is 1.73. The summed E-state index contributed by atoms with van der Waals surface area (Å²) in [4.78, 5) is 30.0. The Kier molecular flexibility index (Phi) is 5.91. The van der Waals surface area contributed by atoms with E-state index in [1.54, 1.807) is 6.92 Å². The van der Waals surface area contributed by atoms with E-state index >= 15 is 0 Å². The second-order valence-electron chi connectivity index (χ2n) is 8.19. The molecule has 1 atom stereocenters. The number of amides is 2. The molecule has 170 valence electrons. The van der Waals surface area contributed by atoms with Gasteiger partial charge in [-0.15, -0.1) is 0 Å². The van der Waals surface area contributed by atoms with Crippen LogP contribution in [-0.2, 0) is 27.9 Å². The quantitative estimate of drug-likeness (QED) is 0.608. The molecule has 32 heavy (non-hydrogen) atoms. The second kappa shape index (κ2) is 8.51. The van der Waals surface area contributed by atoms with Crippen LogP contribution in [-0.4, -0.2) is 59.0 Å². The van der Waals surface area contributed by atoms with Crippen LogP contribution in [0.1, 0.15) is 35.9 Å². The fourth-order valence-electron chi connectivity index (χ4n) is 3.88. The smallest absolute Gasteiger partial charge is 0.272 e. The van der Waals surface area contributed by atoms with Crippen LogP contribution in [0.25, 0.3) is 11.4 Å². The van der Waals surface area contributed by atoms with E-state index in [4.69, 9.17) is 0 Å². The normalized spacial score (nSPS) is 17.3. The van der Waals surface area contributed by atoms with Gasteiger partial charge in [0.05, 0.1) is 17.5 Å². The minimum atomic E-state index is -3.40. The molecule has 10 heteroatoms. The first kappa shape index (κ1) is 22.2. The molecular weight excluding hydrogens is 430 g/mol. The van der Waals surface area contributed by atoms with Crippen molar-refractivity contribution < 1.29 is 18.0 Å². The van der Waals surface area contributed by atoms with Crippen LogP contribution in [0.15, 0.2) is 42.5 Å². The number of rotatable bonds is 7. The lowest BCUT2D eigenvalue weighted by Gasteiger charge is -2.29. The summed E-state index contributed by atoms with van der Waals surface area (Å²) >= 11 is 0. The third-order valence-corrected chi connectivity index (χ3v) is 8.15. The summed E-state index contributed by atoms with van der Waals surface area (Å²) in [7, 11) is -1.92. The summed E-state index contributed by atoms with van der Waals surface area (Å²) in [5, 5.41) is 4.88. The molecule has 0 unspecified atom stereocenters. The maximum Gasteiger partial charge on any atom is 0.272 e. The van der Waals surface area contributed by atoms with Crippen molar-refractivity contribution in [3.05, 3.63) is 53.9 Å². The number of imidazole rings is 1. The number of benzene rings is 1. The number of hydrogen-bond donors (Lipinski definition) is 2. The number of fused-ring (bicyclic) bond motifs is 1. The average Bonchev–Trinajstić information content (AvgIpc) is 3.58. The highest BCUT2D eigenvalue weighted by Crippen LogP contribution is 2.34. The molecule has 1 fully saturated rings. The van der Waals surface area contributed by atoms with Crippen LogP contribution >= 0.6 is 0 Å². The van der Waals surface area contributed by atoms with Gasteiger partial charge in [0.25, 0.3) is 5.91 Å². The van der Waals surface area contributed by atoms with Crippen LogP contribution in [0.4, 0.5) is 0 Å². The van der Waals surface area contributed by atoms with Crippen LogP contribution < -0.4 is 10.6 Å². The van der Waals surface area contributed by atoms with Gasteiger partial charge in [-0.3, -0.25) is 9.59 Å². The third kappa shape index (κ3) is 4.07. The van der Waals surface area contributed by atoms with Crippen molar-refractivity contribution in [1.82, 2.24) is 24.5 Å². The molecule has 2 N–H and O–H groups in total. The van der Waals surface area contributed by atoms with E-state index in [0.29, 0.717) is 43.0 Å². The number of hydrogen-bond acceptors (Lipinski definition) is 5. The molecule has 0 bridgehead atoms. The lowest BCUT2D eigenvalue weighted by atomic mass is 10.1. The molecular formula is C22H27N5O4S. The van der Waals surface area contributed by atoms with E-state index in [2.05, 4.69) is 22.2 Å². The van der Waals surface area contributed by atoms with E-state index in [-0.39, 0.29) is 23.4 Å². The number of likely N-dealkylation sites (N-methyl/N-ethyl adjacent to an activating group) is 1. The lowest BCUT2D eigenvalue weighted by Crippen LogP contribution is -2.47. The minimum Gasteiger partial charge on any atom is -0.357 e. The molecule has 1 aliphatic heterocycles. The largest absolute Gasteiger partial charge is 0.357 e. The van der Waals surface area contributed by atoms with Crippen molar-refractivity contribution in [1.29, 1.82) is 0 Å². The van der Waals surface area contributed by atoms with Gasteiger partial charge in [0, 0.05) is 25.7 Å². The molecule has 2 amide bonds. The summed E-state index contributed by atoms with van der Waals surface area (Å²) in [5.74, 6) is -0.334. The van der Waals surface area contributed by atoms with E-state index < -0.39 is 22.0 Å². The van der Waals surface area contributed by atoms with E-state index in [9.17, 15) is 18.0 Å². The molecule has 0 saturated heterocycles.